The van der Waals surface area contributed by atoms with Gasteiger partial charge in [-0.2, -0.15) is 0 Å². The number of halogens is 1. The van der Waals surface area contributed by atoms with Crippen molar-refractivity contribution >= 4 is 22.5 Å². The predicted octanol–water partition coefficient (Wildman–Crippen LogP) is 4.51. The van der Waals surface area contributed by atoms with Crippen molar-refractivity contribution in [2.45, 2.75) is 12.6 Å². The molecule has 1 aromatic heterocycles. The molecule has 7 heteroatoms. The molecular formula is C28H27FN4O2. The Hall–Kier alpha value is -3.84. The van der Waals surface area contributed by atoms with Crippen LogP contribution in [0.25, 0.3) is 10.9 Å². The van der Waals surface area contributed by atoms with Gasteiger partial charge >= 0.3 is 0 Å². The standard InChI is InChI=1S/C28H27FN4O2/c1-31-10-12-32(13-11-31)21-8-6-19-17-33(28(35)22(19)16-21)27(23-15-20(29)7-9-26(23)34)25-14-18-4-2-3-5-24(18)30-25/h2-9,14-16,27,30,34H,10-13,17H2,1H3/t27-/m1/s1. The number of phenolic OH excluding ortho intramolecular Hbond substituents is 1. The summed E-state index contributed by atoms with van der Waals surface area (Å²) in [5.74, 6) is -0.624. The maximum Gasteiger partial charge on any atom is 0.255 e. The van der Waals surface area contributed by atoms with Crippen molar-refractivity contribution in [3.63, 3.8) is 0 Å². The third kappa shape index (κ3) is 3.82. The van der Waals surface area contributed by atoms with Gasteiger partial charge in [0.1, 0.15) is 17.6 Å². The van der Waals surface area contributed by atoms with Gasteiger partial charge < -0.3 is 24.8 Å². The number of fused-ring (bicyclic) bond motifs is 2. The molecule has 35 heavy (non-hydrogen) atoms. The van der Waals surface area contributed by atoms with Crippen LogP contribution >= 0.6 is 0 Å². The van der Waals surface area contributed by atoms with Crippen LogP contribution in [0.4, 0.5) is 10.1 Å². The Labute approximate surface area is 203 Å². The Kier molecular flexibility index (Phi) is 5.22. The van der Waals surface area contributed by atoms with E-state index in [9.17, 15) is 14.3 Å². The summed E-state index contributed by atoms with van der Waals surface area (Å²) in [4.78, 5) is 23.5. The van der Waals surface area contributed by atoms with Crippen LogP contribution in [-0.2, 0) is 6.54 Å². The van der Waals surface area contributed by atoms with Gasteiger partial charge in [-0.1, -0.05) is 24.3 Å². The highest BCUT2D eigenvalue weighted by Gasteiger charge is 2.37. The van der Waals surface area contributed by atoms with Crippen LogP contribution in [0.1, 0.15) is 33.2 Å². The highest BCUT2D eigenvalue weighted by Crippen LogP contribution is 2.40. The average molecular weight is 471 g/mol. The lowest BCUT2D eigenvalue weighted by atomic mass is 10.0. The van der Waals surface area contributed by atoms with Gasteiger partial charge in [0.05, 0.1) is 0 Å². The van der Waals surface area contributed by atoms with Crippen molar-refractivity contribution in [1.82, 2.24) is 14.8 Å². The maximum atomic E-state index is 14.3. The Morgan fingerprint density at radius 2 is 1.77 bits per heavy atom. The van der Waals surface area contributed by atoms with E-state index in [1.807, 2.05) is 42.5 Å². The number of nitrogens with zero attached hydrogens (tertiary/aromatic N) is 3. The van der Waals surface area contributed by atoms with Crippen molar-refractivity contribution in [1.29, 1.82) is 0 Å². The van der Waals surface area contributed by atoms with Crippen LogP contribution in [0, 0.1) is 5.82 Å². The zero-order valence-corrected chi connectivity index (χ0v) is 19.5. The van der Waals surface area contributed by atoms with Crippen LogP contribution in [-0.4, -0.2) is 59.0 Å². The minimum absolute atomic E-state index is 0.0445. The number of piperazine rings is 1. The summed E-state index contributed by atoms with van der Waals surface area (Å²) < 4.78 is 14.3. The number of hydrogen-bond acceptors (Lipinski definition) is 4. The molecule has 0 spiro atoms. The number of hydrogen-bond donors (Lipinski definition) is 2. The van der Waals surface area contributed by atoms with Crippen LogP contribution in [0.2, 0.25) is 0 Å². The van der Waals surface area contributed by atoms with Gasteiger partial charge in [0.25, 0.3) is 5.91 Å². The normalized spacial score (nSPS) is 17.3. The predicted molar refractivity (Wildman–Crippen MR) is 134 cm³/mol. The molecule has 3 aromatic carbocycles. The molecule has 1 fully saturated rings. The molecule has 0 radical (unpaired) electrons. The Morgan fingerprint density at radius 1 is 0.971 bits per heavy atom. The first-order valence-corrected chi connectivity index (χ1v) is 11.9. The number of carbonyl (C=O) groups is 1. The average Bonchev–Trinajstić information content (AvgIpc) is 3.43. The van der Waals surface area contributed by atoms with E-state index in [0.29, 0.717) is 17.7 Å². The monoisotopic (exact) mass is 470 g/mol. The summed E-state index contributed by atoms with van der Waals surface area (Å²) in [5.41, 5.74) is 4.65. The number of nitrogens with one attached hydrogen (secondary N) is 1. The summed E-state index contributed by atoms with van der Waals surface area (Å²) in [7, 11) is 2.12. The number of anilines is 1. The molecule has 6 nitrogen and oxygen atoms in total. The molecular weight excluding hydrogens is 443 g/mol. The molecule has 1 amide bonds. The number of rotatable bonds is 4. The van der Waals surface area contributed by atoms with Crippen LogP contribution in [0.3, 0.4) is 0 Å². The molecule has 1 atom stereocenters. The van der Waals surface area contributed by atoms with Crippen LogP contribution in [0.15, 0.2) is 66.7 Å². The molecule has 0 bridgehead atoms. The lowest BCUT2D eigenvalue weighted by Crippen LogP contribution is -2.44. The summed E-state index contributed by atoms with van der Waals surface area (Å²) in [6, 6.07) is 19.1. The number of phenols is 1. The molecule has 2 aliphatic rings. The van der Waals surface area contributed by atoms with Gasteiger partial charge in [-0.25, -0.2) is 4.39 Å². The van der Waals surface area contributed by atoms with E-state index in [4.69, 9.17) is 0 Å². The van der Waals surface area contributed by atoms with E-state index in [2.05, 4.69) is 27.9 Å². The van der Waals surface area contributed by atoms with E-state index < -0.39 is 11.9 Å². The molecule has 0 aliphatic carbocycles. The van der Waals surface area contributed by atoms with Gasteiger partial charge in [0, 0.05) is 60.7 Å². The minimum Gasteiger partial charge on any atom is -0.508 e. The lowest BCUT2D eigenvalue weighted by molar-refractivity contribution is 0.0726. The van der Waals surface area contributed by atoms with Gasteiger partial charge in [0.15, 0.2) is 0 Å². The number of aromatic amines is 1. The first kappa shape index (κ1) is 21.7. The first-order valence-electron chi connectivity index (χ1n) is 11.9. The number of amides is 1. The smallest absolute Gasteiger partial charge is 0.255 e. The van der Waals surface area contributed by atoms with Gasteiger partial charge in [-0.3, -0.25) is 4.79 Å². The topological polar surface area (TPSA) is 62.8 Å². The van der Waals surface area contributed by atoms with E-state index in [1.54, 1.807) is 4.90 Å². The lowest BCUT2D eigenvalue weighted by Gasteiger charge is -2.34. The van der Waals surface area contributed by atoms with Crippen molar-refractivity contribution < 1.29 is 14.3 Å². The number of para-hydroxylation sites is 1. The van der Waals surface area contributed by atoms with Crippen LogP contribution < -0.4 is 4.90 Å². The van der Waals surface area contributed by atoms with Gasteiger partial charge in [-0.15, -0.1) is 0 Å². The molecule has 0 unspecified atom stereocenters. The van der Waals surface area contributed by atoms with Crippen molar-refractivity contribution in [3.8, 4) is 5.75 Å². The van der Waals surface area contributed by atoms with E-state index in [0.717, 1.165) is 54.0 Å². The second kappa shape index (κ2) is 8.43. The van der Waals surface area contributed by atoms with Crippen molar-refractivity contribution in [3.05, 3.63) is 94.9 Å². The molecule has 4 aromatic rings. The van der Waals surface area contributed by atoms with Gasteiger partial charge in [0.2, 0.25) is 0 Å². The number of benzene rings is 3. The third-order valence-corrected chi connectivity index (χ3v) is 7.24. The highest BCUT2D eigenvalue weighted by molar-refractivity contribution is 6.00. The second-order valence-electron chi connectivity index (χ2n) is 9.48. The third-order valence-electron chi connectivity index (χ3n) is 7.24. The number of likely N-dealkylation sites (N-methyl/N-ethyl adjacent to an activating group) is 1. The van der Waals surface area contributed by atoms with E-state index >= 15 is 0 Å². The maximum absolute atomic E-state index is 14.3. The molecule has 3 heterocycles. The second-order valence-corrected chi connectivity index (χ2v) is 9.48. The minimum atomic E-state index is -0.662. The van der Waals surface area contributed by atoms with Gasteiger partial charge in [-0.05, 0) is 60.5 Å². The Bertz CT molecular complexity index is 1390. The quantitative estimate of drug-likeness (QED) is 0.461. The summed E-state index contributed by atoms with van der Waals surface area (Å²) in [6.45, 7) is 4.19. The van der Waals surface area contributed by atoms with Crippen molar-refractivity contribution in [2.75, 3.05) is 38.1 Å². The highest BCUT2D eigenvalue weighted by atomic mass is 19.1. The first-order chi connectivity index (χ1) is 17.0. The zero-order valence-electron chi connectivity index (χ0n) is 19.5. The number of aromatic nitrogens is 1. The molecule has 0 saturated carbocycles. The zero-order chi connectivity index (χ0) is 24.1. The number of H-pyrrole nitrogens is 1. The fraction of sp³-hybridized carbons (Fsp3) is 0.250. The summed E-state index contributed by atoms with van der Waals surface area (Å²) >= 11 is 0. The van der Waals surface area contributed by atoms with E-state index in [1.165, 1.54) is 18.2 Å². The molecule has 6 rings (SSSR count). The Balaban J connectivity index is 1.41. The molecule has 178 valence electrons. The molecule has 1 saturated heterocycles. The van der Waals surface area contributed by atoms with Crippen molar-refractivity contribution in [2.24, 2.45) is 0 Å². The summed E-state index contributed by atoms with van der Waals surface area (Å²) in [6.07, 6.45) is 0. The van der Waals surface area contributed by atoms with E-state index in [-0.39, 0.29) is 11.7 Å². The molecule has 2 aliphatic heterocycles. The number of aromatic hydroxyl groups is 1. The summed E-state index contributed by atoms with van der Waals surface area (Å²) in [5, 5.41) is 11.7. The van der Waals surface area contributed by atoms with Crippen LogP contribution in [0.5, 0.6) is 5.75 Å². The largest absolute Gasteiger partial charge is 0.508 e. The fourth-order valence-electron chi connectivity index (χ4n) is 5.27. The number of carbonyl (C=O) groups excluding carboxylic acids is 1. The fourth-order valence-corrected chi connectivity index (χ4v) is 5.27. The SMILES string of the molecule is CN1CCN(c2ccc3c(c2)C(=O)N([C@@H](c2cc4ccccc4[nH]2)c2cc(F)ccc2O)C3)CC1. The molecule has 2 N–H and O–H groups in total. The Morgan fingerprint density at radius 3 is 2.57 bits per heavy atom.